The summed E-state index contributed by atoms with van der Waals surface area (Å²) in [7, 11) is 0. The van der Waals surface area contributed by atoms with E-state index < -0.39 is 0 Å². The van der Waals surface area contributed by atoms with Crippen LogP contribution in [0.15, 0.2) is 116 Å². The summed E-state index contributed by atoms with van der Waals surface area (Å²) >= 11 is 0. The van der Waals surface area contributed by atoms with Crippen molar-refractivity contribution >= 4 is 21.8 Å². The first-order chi connectivity index (χ1) is 22.0. The van der Waals surface area contributed by atoms with Crippen LogP contribution in [0.5, 0.6) is 11.5 Å². The van der Waals surface area contributed by atoms with E-state index in [9.17, 15) is 0 Å². The molecule has 7 rings (SSSR count). The van der Waals surface area contributed by atoms with Gasteiger partial charge in [0.05, 0.1) is 28.1 Å². The molecule has 0 bridgehead atoms. The molecule has 3 heterocycles. The van der Waals surface area contributed by atoms with E-state index in [4.69, 9.17) is 9.72 Å². The number of benzene rings is 4. The van der Waals surface area contributed by atoms with Crippen LogP contribution in [0.4, 0.5) is 0 Å². The summed E-state index contributed by atoms with van der Waals surface area (Å²) < 4.78 is 13.0. The minimum absolute atomic E-state index is 0.0136. The number of para-hydroxylation sites is 2. The lowest BCUT2D eigenvalue weighted by Crippen LogP contribution is -2.39. The van der Waals surface area contributed by atoms with Crippen molar-refractivity contribution in [3.63, 3.8) is 0 Å². The predicted molar refractivity (Wildman–Crippen MR) is 187 cm³/mol. The molecule has 4 aromatic carbocycles. The van der Waals surface area contributed by atoms with Gasteiger partial charge in [-0.3, -0.25) is 13.7 Å². The van der Waals surface area contributed by atoms with E-state index in [-0.39, 0.29) is 10.8 Å². The molecule has 0 amide bonds. The molecular weight excluding hydrogens is 564 g/mol. The molecule has 5 heteroatoms. The lowest BCUT2D eigenvalue weighted by molar-refractivity contribution is -0.611. The summed E-state index contributed by atoms with van der Waals surface area (Å²) in [6.45, 7) is 15.5. The van der Waals surface area contributed by atoms with E-state index in [0.29, 0.717) is 0 Å². The highest BCUT2D eigenvalue weighted by Gasteiger charge is 2.23. The zero-order valence-corrected chi connectivity index (χ0v) is 27.7. The van der Waals surface area contributed by atoms with Gasteiger partial charge in [0.25, 0.3) is 6.33 Å². The number of rotatable bonds is 5. The fourth-order valence-corrected chi connectivity index (χ4v) is 6.13. The van der Waals surface area contributed by atoms with Gasteiger partial charge in [0.15, 0.2) is 0 Å². The van der Waals surface area contributed by atoms with Gasteiger partial charge in [-0.1, -0.05) is 84.0 Å². The van der Waals surface area contributed by atoms with Crippen LogP contribution in [-0.2, 0) is 10.8 Å². The Morgan fingerprint density at radius 1 is 0.696 bits per heavy atom. The Morgan fingerprint density at radius 3 is 2.22 bits per heavy atom. The van der Waals surface area contributed by atoms with Crippen molar-refractivity contribution in [3.8, 4) is 28.7 Å². The maximum atomic E-state index is 6.55. The monoisotopic (exact) mass is 604 g/mol. The van der Waals surface area contributed by atoms with Gasteiger partial charge in [0.2, 0.25) is 0 Å². The molecule has 230 valence electrons. The average Bonchev–Trinajstić information content (AvgIpc) is 3.61. The second-order valence-corrected chi connectivity index (χ2v) is 14.1. The van der Waals surface area contributed by atoms with E-state index in [1.807, 2.05) is 18.3 Å². The van der Waals surface area contributed by atoms with E-state index in [1.54, 1.807) is 0 Å². The predicted octanol–water partition coefficient (Wildman–Crippen LogP) is 9.74. The van der Waals surface area contributed by atoms with Crippen molar-refractivity contribution < 1.29 is 9.30 Å². The number of ether oxygens (including phenoxy) is 1. The Balaban J connectivity index is 1.29. The van der Waals surface area contributed by atoms with E-state index in [2.05, 4.69) is 166 Å². The van der Waals surface area contributed by atoms with Gasteiger partial charge in [-0.05, 0) is 83.5 Å². The summed E-state index contributed by atoms with van der Waals surface area (Å²) in [6.07, 6.45) is 7.69. The minimum Gasteiger partial charge on any atom is -0.458 e. The van der Waals surface area contributed by atoms with Gasteiger partial charge in [-0.15, -0.1) is 0 Å². The normalized spacial score (nSPS) is 12.2. The number of hydrogen-bond acceptors (Lipinski definition) is 2. The second kappa shape index (κ2) is 11.0. The first-order valence-electron chi connectivity index (χ1n) is 15.9. The Hall–Kier alpha value is -5.16. The molecule has 46 heavy (non-hydrogen) atoms. The number of nitrogens with zero attached hydrogens (tertiary/aromatic N) is 4. The highest BCUT2D eigenvalue weighted by molar-refractivity contribution is 6.09. The third kappa shape index (κ3) is 5.36. The molecule has 0 atom stereocenters. The van der Waals surface area contributed by atoms with Crippen LogP contribution in [0, 0.1) is 13.3 Å². The van der Waals surface area contributed by atoms with Crippen LogP contribution in [0.3, 0.4) is 0 Å². The Morgan fingerprint density at radius 2 is 1.43 bits per heavy atom. The van der Waals surface area contributed by atoms with E-state index in [0.717, 1.165) is 45.1 Å². The number of aryl methyl sites for hydroxylation is 1. The number of fused-ring (bicyclic) bond motifs is 3. The maximum Gasteiger partial charge on any atom is 0.269 e. The molecule has 0 unspecified atom stereocenters. The standard InChI is InChI=1S/C41H40N4O/c1-28-13-8-10-17-35(28)44-27-43(26-38(44)41(5,6)7)30-14-12-15-31(24-30)46-32-19-20-34-33-16-9-11-18-36(33)45(37(34)25-32)39-23-29(21-22-42-39)40(2,3)4/h8-26H,1-7H3. The van der Waals surface area contributed by atoms with Crippen molar-refractivity contribution in [2.75, 3.05) is 0 Å². The van der Waals surface area contributed by atoms with Crippen LogP contribution >= 0.6 is 0 Å². The van der Waals surface area contributed by atoms with Crippen LogP contribution < -0.4 is 9.30 Å². The van der Waals surface area contributed by atoms with Crippen LogP contribution in [-0.4, -0.2) is 14.1 Å². The molecule has 0 fully saturated rings. The summed E-state index contributed by atoms with van der Waals surface area (Å²) in [5, 5.41) is 2.35. The number of aromatic nitrogens is 4. The van der Waals surface area contributed by atoms with Crippen molar-refractivity contribution in [3.05, 3.63) is 139 Å². The van der Waals surface area contributed by atoms with Crippen LogP contribution in [0.25, 0.3) is 39.0 Å². The first kappa shape index (κ1) is 29.5. The summed E-state index contributed by atoms with van der Waals surface area (Å²) in [5.74, 6) is 2.43. The molecule has 0 aliphatic rings. The SMILES string of the molecule is Cc1ccccc1-[n+]1[c-]n(-c2cccc(Oc3ccc4c5ccccc5n(-c5cc(C(C)(C)C)ccn5)c4c3)c2)cc1C(C)(C)C. The lowest BCUT2D eigenvalue weighted by Gasteiger charge is -2.21. The van der Waals surface area contributed by atoms with Crippen LogP contribution in [0.2, 0.25) is 0 Å². The quantitative estimate of drug-likeness (QED) is 0.145. The molecule has 5 nitrogen and oxygen atoms in total. The number of pyridine rings is 1. The molecule has 0 aliphatic heterocycles. The zero-order valence-electron chi connectivity index (χ0n) is 27.7. The molecular formula is C41H40N4O. The van der Waals surface area contributed by atoms with Crippen molar-refractivity contribution in [2.24, 2.45) is 0 Å². The molecule has 0 N–H and O–H groups in total. The Labute approximate surface area is 271 Å². The number of imidazole rings is 1. The summed E-state index contributed by atoms with van der Waals surface area (Å²) in [4.78, 5) is 4.82. The Bertz CT molecular complexity index is 2220. The molecule has 7 aromatic rings. The Kier molecular flexibility index (Phi) is 7.08. The molecule has 0 aliphatic carbocycles. The zero-order chi connectivity index (χ0) is 32.2. The molecule has 0 radical (unpaired) electrons. The van der Waals surface area contributed by atoms with Crippen molar-refractivity contribution in [1.29, 1.82) is 0 Å². The van der Waals surface area contributed by atoms with Gasteiger partial charge in [0, 0.05) is 29.2 Å². The minimum atomic E-state index is -0.0761. The largest absolute Gasteiger partial charge is 0.458 e. The highest BCUT2D eigenvalue weighted by atomic mass is 16.5. The second-order valence-electron chi connectivity index (χ2n) is 14.1. The fraction of sp³-hybridized carbons (Fsp3) is 0.220. The fourth-order valence-electron chi connectivity index (χ4n) is 6.13. The topological polar surface area (TPSA) is 35.9 Å². The number of hydrogen-bond donors (Lipinski definition) is 0. The van der Waals surface area contributed by atoms with Gasteiger partial charge in [-0.2, -0.15) is 0 Å². The smallest absolute Gasteiger partial charge is 0.269 e. The first-order valence-corrected chi connectivity index (χ1v) is 15.9. The van der Waals surface area contributed by atoms with Crippen molar-refractivity contribution in [2.45, 2.75) is 59.3 Å². The molecule has 0 spiro atoms. The van der Waals surface area contributed by atoms with E-state index >= 15 is 0 Å². The molecule has 0 saturated heterocycles. The van der Waals surface area contributed by atoms with Gasteiger partial charge in [-0.25, -0.2) is 4.98 Å². The van der Waals surface area contributed by atoms with Gasteiger partial charge < -0.3 is 4.74 Å². The third-order valence-electron chi connectivity index (χ3n) is 8.64. The molecule has 3 aromatic heterocycles. The lowest BCUT2D eigenvalue weighted by atomic mass is 9.88. The van der Waals surface area contributed by atoms with Crippen LogP contribution in [0.1, 0.15) is 58.4 Å². The van der Waals surface area contributed by atoms with Crippen molar-refractivity contribution in [1.82, 2.24) is 14.1 Å². The van der Waals surface area contributed by atoms with Gasteiger partial charge >= 0.3 is 0 Å². The maximum absolute atomic E-state index is 6.55. The summed E-state index contributed by atoms with van der Waals surface area (Å²) in [5.41, 5.74) is 7.85. The highest BCUT2D eigenvalue weighted by Crippen LogP contribution is 2.36. The van der Waals surface area contributed by atoms with E-state index in [1.165, 1.54) is 22.2 Å². The third-order valence-corrected chi connectivity index (χ3v) is 8.64. The average molecular weight is 605 g/mol. The summed E-state index contributed by atoms with van der Waals surface area (Å²) in [6, 6.07) is 35.8. The molecule has 0 saturated carbocycles. The van der Waals surface area contributed by atoms with Gasteiger partial charge in [0.1, 0.15) is 17.3 Å².